The number of amides is 3. The van der Waals surface area contributed by atoms with Crippen molar-refractivity contribution < 1.29 is 27.9 Å². The van der Waals surface area contributed by atoms with Gasteiger partial charge in [0.25, 0.3) is 11.8 Å². The quantitative estimate of drug-likeness (QED) is 0.378. The van der Waals surface area contributed by atoms with E-state index in [9.17, 15) is 23.2 Å². The number of carbonyl (C=O) groups excluding carboxylic acids is 3. The summed E-state index contributed by atoms with van der Waals surface area (Å²) in [4.78, 5) is 48.0. The minimum atomic E-state index is -1.15. The van der Waals surface area contributed by atoms with Gasteiger partial charge in [0.15, 0.2) is 17.4 Å². The van der Waals surface area contributed by atoms with E-state index in [-0.39, 0.29) is 51.3 Å². The van der Waals surface area contributed by atoms with Crippen molar-refractivity contribution in [2.24, 2.45) is 0 Å². The number of benzene rings is 2. The van der Waals surface area contributed by atoms with Crippen molar-refractivity contribution in [3.05, 3.63) is 64.6 Å². The number of carbonyl (C=O) groups is 3. The van der Waals surface area contributed by atoms with Gasteiger partial charge in [-0.25, -0.2) is 9.37 Å². The number of aromatic nitrogens is 2. The summed E-state index contributed by atoms with van der Waals surface area (Å²) in [5.41, 5.74) is 0.526. The highest BCUT2D eigenvalue weighted by Gasteiger charge is 2.25. The molecule has 1 fully saturated rings. The molecule has 3 amide bonds. The fraction of sp³-hybridized carbons (Fsp3) is 0.333. The number of imidazole rings is 1. The number of likely N-dealkylation sites (tertiary alicyclic amines) is 1. The Bertz CT molecular complexity index is 1420. The van der Waals surface area contributed by atoms with Gasteiger partial charge in [-0.1, -0.05) is 11.6 Å². The zero-order chi connectivity index (χ0) is 29.0. The van der Waals surface area contributed by atoms with Crippen molar-refractivity contribution in [3.63, 3.8) is 0 Å². The van der Waals surface area contributed by atoms with Crippen molar-refractivity contribution in [2.45, 2.75) is 18.9 Å². The molecule has 1 aliphatic rings. The van der Waals surface area contributed by atoms with Crippen LogP contribution in [0.3, 0.4) is 0 Å². The zero-order valence-corrected chi connectivity index (χ0v) is 22.9. The zero-order valence-electron chi connectivity index (χ0n) is 22.2. The maximum absolute atomic E-state index is 14.4. The summed E-state index contributed by atoms with van der Waals surface area (Å²) in [5, 5.41) is 5.69. The molecule has 2 aromatic carbocycles. The number of nitrogens with one attached hydrogen (secondary N) is 3. The molecule has 0 atom stereocenters. The predicted octanol–water partition coefficient (Wildman–Crippen LogP) is 3.55. The number of ether oxygens (including phenoxy) is 1. The van der Waals surface area contributed by atoms with Crippen LogP contribution in [-0.2, 0) is 4.79 Å². The topological polar surface area (TPSA) is 120 Å². The Morgan fingerprint density at radius 1 is 1.12 bits per heavy atom. The van der Waals surface area contributed by atoms with Crippen LogP contribution in [0.4, 0.5) is 14.5 Å². The maximum atomic E-state index is 14.4. The first kappa shape index (κ1) is 29.0. The number of likely N-dealkylation sites (N-methyl/N-ethyl adjacent to an activating group) is 1. The number of rotatable bonds is 8. The normalized spacial score (nSPS) is 13.8. The summed E-state index contributed by atoms with van der Waals surface area (Å²) in [5.74, 6) is -3.62. The molecular formula is C27H29ClF2N6O4. The van der Waals surface area contributed by atoms with E-state index in [1.165, 1.54) is 43.6 Å². The third kappa shape index (κ3) is 6.57. The standard InChI is InChI=1S/C27H29ClF2N6O4/c1-35(2)14-22(37)36-10-8-15(9-11-36)32-26(38)17-5-4-16(12-19(17)28)33-27(39)25-31-13-20(34-25)18-6-7-21(40-3)24(30)23(18)29/h4-7,12-13,15H,8-11,14H2,1-3H3,(H,31,34)(H,32,38)(H,33,39). The van der Waals surface area contributed by atoms with Gasteiger partial charge in [0.1, 0.15) is 0 Å². The first-order valence-electron chi connectivity index (χ1n) is 12.5. The number of H-pyrrole nitrogens is 1. The number of hydrogen-bond acceptors (Lipinski definition) is 6. The fourth-order valence-electron chi connectivity index (χ4n) is 4.35. The molecule has 10 nitrogen and oxygen atoms in total. The highest BCUT2D eigenvalue weighted by atomic mass is 35.5. The first-order valence-corrected chi connectivity index (χ1v) is 12.9. The van der Waals surface area contributed by atoms with Gasteiger partial charge in [-0.15, -0.1) is 0 Å². The molecule has 0 radical (unpaired) electrons. The Balaban J connectivity index is 1.35. The van der Waals surface area contributed by atoms with Gasteiger partial charge in [0.2, 0.25) is 11.7 Å². The summed E-state index contributed by atoms with van der Waals surface area (Å²) in [6, 6.07) is 6.92. The molecule has 0 spiro atoms. The molecule has 0 unspecified atom stereocenters. The smallest absolute Gasteiger partial charge is 0.291 e. The Hall–Kier alpha value is -4.03. The molecule has 3 aromatic rings. The lowest BCUT2D eigenvalue weighted by atomic mass is 10.0. The van der Waals surface area contributed by atoms with E-state index >= 15 is 0 Å². The van der Waals surface area contributed by atoms with Crippen LogP contribution in [0.5, 0.6) is 5.75 Å². The number of piperidine rings is 1. The maximum Gasteiger partial charge on any atom is 0.291 e. The van der Waals surface area contributed by atoms with Crippen molar-refractivity contribution >= 4 is 35.0 Å². The van der Waals surface area contributed by atoms with Crippen molar-refractivity contribution in [2.75, 3.05) is 46.2 Å². The molecule has 1 aliphatic heterocycles. The van der Waals surface area contributed by atoms with Crippen LogP contribution in [0.1, 0.15) is 33.8 Å². The van der Waals surface area contributed by atoms with Gasteiger partial charge in [0, 0.05) is 30.4 Å². The molecular weight excluding hydrogens is 546 g/mol. The van der Waals surface area contributed by atoms with Gasteiger partial charge in [-0.2, -0.15) is 4.39 Å². The molecule has 0 aliphatic carbocycles. The summed E-state index contributed by atoms with van der Waals surface area (Å²) >= 11 is 6.35. The lowest BCUT2D eigenvalue weighted by molar-refractivity contribution is -0.132. The average molecular weight is 575 g/mol. The molecule has 4 rings (SSSR count). The van der Waals surface area contributed by atoms with Crippen molar-refractivity contribution in [1.82, 2.24) is 25.1 Å². The number of nitrogens with zero attached hydrogens (tertiary/aromatic N) is 3. The Kier molecular flexibility index (Phi) is 9.00. The molecule has 1 saturated heterocycles. The molecule has 13 heteroatoms. The van der Waals surface area contributed by atoms with Gasteiger partial charge in [-0.05, 0) is 57.3 Å². The van der Waals surface area contributed by atoms with Crippen LogP contribution >= 0.6 is 11.6 Å². The van der Waals surface area contributed by atoms with Crippen molar-refractivity contribution in [3.8, 4) is 17.0 Å². The van der Waals surface area contributed by atoms with Crippen molar-refractivity contribution in [1.29, 1.82) is 0 Å². The van der Waals surface area contributed by atoms with Crippen LogP contribution in [-0.4, -0.2) is 84.4 Å². The summed E-state index contributed by atoms with van der Waals surface area (Å²) in [7, 11) is 4.91. The highest BCUT2D eigenvalue weighted by Crippen LogP contribution is 2.29. The third-order valence-corrected chi connectivity index (χ3v) is 6.77. The van der Waals surface area contributed by atoms with Gasteiger partial charge >= 0.3 is 0 Å². The number of aromatic amines is 1. The number of anilines is 1. The van der Waals surface area contributed by atoms with E-state index in [4.69, 9.17) is 16.3 Å². The van der Waals surface area contributed by atoms with E-state index in [0.29, 0.717) is 38.2 Å². The molecule has 40 heavy (non-hydrogen) atoms. The molecule has 3 N–H and O–H groups in total. The second kappa shape index (κ2) is 12.4. The summed E-state index contributed by atoms with van der Waals surface area (Å²) in [6.45, 7) is 1.47. The molecule has 0 saturated carbocycles. The van der Waals surface area contributed by atoms with E-state index in [2.05, 4.69) is 20.6 Å². The number of hydrogen-bond donors (Lipinski definition) is 3. The van der Waals surface area contributed by atoms with E-state index < -0.39 is 17.5 Å². The number of methoxy groups -OCH3 is 1. The lowest BCUT2D eigenvalue weighted by Crippen LogP contribution is -2.48. The van der Waals surface area contributed by atoms with Crippen LogP contribution in [0.2, 0.25) is 5.02 Å². The monoisotopic (exact) mass is 574 g/mol. The SMILES string of the molecule is COc1ccc(-c2cnc(C(=O)Nc3ccc(C(=O)NC4CCN(C(=O)CN(C)C)CC4)c(Cl)c3)[nH]2)c(F)c1F. The summed E-state index contributed by atoms with van der Waals surface area (Å²) < 4.78 is 33.2. The van der Waals surface area contributed by atoms with Crippen LogP contribution < -0.4 is 15.4 Å². The molecule has 2 heterocycles. The highest BCUT2D eigenvalue weighted by molar-refractivity contribution is 6.34. The minimum absolute atomic E-state index is 0.0584. The lowest BCUT2D eigenvalue weighted by Gasteiger charge is -2.33. The first-order chi connectivity index (χ1) is 19.1. The van der Waals surface area contributed by atoms with Crippen LogP contribution in [0.15, 0.2) is 36.5 Å². The average Bonchev–Trinajstić information content (AvgIpc) is 3.40. The van der Waals surface area contributed by atoms with Crippen LogP contribution in [0, 0.1) is 11.6 Å². The van der Waals surface area contributed by atoms with E-state index in [1.807, 2.05) is 19.0 Å². The minimum Gasteiger partial charge on any atom is -0.494 e. The molecule has 1 aromatic heterocycles. The van der Waals surface area contributed by atoms with Gasteiger partial charge in [0.05, 0.1) is 36.1 Å². The van der Waals surface area contributed by atoms with E-state index in [1.54, 1.807) is 4.90 Å². The Labute approximate surface area is 234 Å². The second-order valence-electron chi connectivity index (χ2n) is 9.60. The second-order valence-corrected chi connectivity index (χ2v) is 10.0. The molecule has 0 bridgehead atoms. The Morgan fingerprint density at radius 2 is 1.85 bits per heavy atom. The largest absolute Gasteiger partial charge is 0.494 e. The number of halogens is 3. The third-order valence-electron chi connectivity index (χ3n) is 6.45. The van der Waals surface area contributed by atoms with E-state index in [0.717, 1.165) is 0 Å². The van der Waals surface area contributed by atoms with Gasteiger partial charge < -0.3 is 30.2 Å². The fourth-order valence-corrected chi connectivity index (χ4v) is 4.61. The molecule has 212 valence electrons. The van der Waals surface area contributed by atoms with Crippen LogP contribution in [0.25, 0.3) is 11.3 Å². The Morgan fingerprint density at radius 3 is 2.50 bits per heavy atom. The van der Waals surface area contributed by atoms with Gasteiger partial charge in [-0.3, -0.25) is 14.4 Å². The predicted molar refractivity (Wildman–Crippen MR) is 146 cm³/mol. The summed E-state index contributed by atoms with van der Waals surface area (Å²) in [6.07, 6.45) is 2.48.